The molecule has 2 unspecified atom stereocenters. The van der Waals surface area contributed by atoms with E-state index in [-0.39, 0.29) is 0 Å². The smallest absolute Gasteiger partial charge is 0.408 e. The van der Waals surface area contributed by atoms with Crippen LogP contribution in [0, 0.1) is 13.8 Å². The van der Waals surface area contributed by atoms with Crippen molar-refractivity contribution in [3.63, 3.8) is 0 Å². The van der Waals surface area contributed by atoms with Crippen LogP contribution in [0.15, 0.2) is 42.5 Å². The molecule has 0 saturated heterocycles. The van der Waals surface area contributed by atoms with Crippen molar-refractivity contribution in [3.05, 3.63) is 59.2 Å². The molecule has 2 rings (SSSR count). The number of nitrogens with two attached hydrogens (primary N) is 1. The van der Waals surface area contributed by atoms with Gasteiger partial charge in [0.2, 0.25) is 11.8 Å². The number of rotatable bonds is 10. The molecule has 2 aromatic carbocycles. The maximum absolute atomic E-state index is 14.0. The van der Waals surface area contributed by atoms with E-state index < -0.39 is 54.0 Å². The lowest BCUT2D eigenvalue weighted by molar-refractivity contribution is -0.143. The van der Waals surface area contributed by atoms with Gasteiger partial charge in [-0.05, 0) is 78.3 Å². The fourth-order valence-electron chi connectivity index (χ4n) is 4.20. The molecule has 0 bridgehead atoms. The number of hydrogen-bond donors (Lipinski definition) is 3. The van der Waals surface area contributed by atoms with Crippen LogP contribution >= 0.6 is 0 Å². The van der Waals surface area contributed by atoms with Crippen molar-refractivity contribution in [2.75, 3.05) is 12.4 Å². The van der Waals surface area contributed by atoms with E-state index in [0.717, 1.165) is 11.1 Å². The normalized spacial score (nSPS) is 12.7. The van der Waals surface area contributed by atoms with Gasteiger partial charge in [-0.2, -0.15) is 0 Å². The molecule has 0 heterocycles. The van der Waals surface area contributed by atoms with Crippen LogP contribution in [0.5, 0.6) is 5.75 Å². The second-order valence-corrected chi connectivity index (χ2v) is 10.7. The highest BCUT2D eigenvalue weighted by Gasteiger charge is 2.38. The molecule has 0 saturated carbocycles. The minimum Gasteiger partial charge on any atom is -0.497 e. The predicted octanol–water partition coefficient (Wildman–Crippen LogP) is 4.00. The summed E-state index contributed by atoms with van der Waals surface area (Å²) in [7, 11) is 1.55. The Morgan fingerprint density at radius 2 is 1.54 bits per heavy atom. The second-order valence-electron chi connectivity index (χ2n) is 10.7. The van der Waals surface area contributed by atoms with Gasteiger partial charge in [0, 0.05) is 11.7 Å². The summed E-state index contributed by atoms with van der Waals surface area (Å²) >= 11 is 0. The number of carbonyl (C=O) groups excluding carboxylic acids is 4. The van der Waals surface area contributed by atoms with Gasteiger partial charge in [-0.3, -0.25) is 14.4 Å². The number of nitrogens with zero attached hydrogens (tertiary/aromatic N) is 1. The van der Waals surface area contributed by atoms with E-state index >= 15 is 0 Å². The number of ether oxygens (including phenoxy) is 2. The molecule has 0 radical (unpaired) electrons. The van der Waals surface area contributed by atoms with Gasteiger partial charge in [0.1, 0.15) is 23.4 Å². The summed E-state index contributed by atoms with van der Waals surface area (Å²) in [5, 5.41) is 5.35. The minimum atomic E-state index is -1.35. The lowest BCUT2D eigenvalue weighted by atomic mass is 9.97. The molecule has 4 amide bonds. The number of methoxy groups -OCH3 is 1. The van der Waals surface area contributed by atoms with Gasteiger partial charge < -0.3 is 30.7 Å². The fourth-order valence-corrected chi connectivity index (χ4v) is 4.20. The molecular formula is C29H40N4O6. The van der Waals surface area contributed by atoms with E-state index in [9.17, 15) is 19.2 Å². The third-order valence-electron chi connectivity index (χ3n) is 5.65. The van der Waals surface area contributed by atoms with E-state index in [0.29, 0.717) is 17.0 Å². The Morgan fingerprint density at radius 3 is 2.00 bits per heavy atom. The molecule has 2 atom stereocenters. The highest BCUT2D eigenvalue weighted by molar-refractivity contribution is 6.00. The maximum Gasteiger partial charge on any atom is 0.408 e. The largest absolute Gasteiger partial charge is 0.497 e. The number of amides is 4. The number of hydrogen-bond acceptors (Lipinski definition) is 6. The van der Waals surface area contributed by atoms with Crippen LogP contribution in [-0.4, -0.2) is 53.5 Å². The van der Waals surface area contributed by atoms with Gasteiger partial charge in [0.05, 0.1) is 13.5 Å². The molecular weight excluding hydrogens is 500 g/mol. The third kappa shape index (κ3) is 9.31. The van der Waals surface area contributed by atoms with Crippen molar-refractivity contribution < 1.29 is 28.7 Å². The quantitative estimate of drug-likeness (QED) is 0.416. The minimum absolute atomic E-state index is 0.470. The van der Waals surface area contributed by atoms with Crippen molar-refractivity contribution in [2.45, 2.75) is 78.6 Å². The monoisotopic (exact) mass is 540 g/mol. The molecule has 0 aliphatic carbocycles. The Kier molecular flexibility index (Phi) is 10.5. The van der Waals surface area contributed by atoms with Gasteiger partial charge in [-0.1, -0.05) is 29.3 Å². The van der Waals surface area contributed by atoms with Gasteiger partial charge in [-0.25, -0.2) is 4.79 Å². The maximum atomic E-state index is 14.0. The number of alkyl carbamates (subject to hydrolysis) is 1. The molecule has 4 N–H and O–H groups in total. The first-order valence-electron chi connectivity index (χ1n) is 12.7. The summed E-state index contributed by atoms with van der Waals surface area (Å²) in [5.74, 6) is -1.29. The first kappa shape index (κ1) is 31.1. The highest BCUT2D eigenvalue weighted by atomic mass is 16.6. The molecule has 10 nitrogen and oxygen atoms in total. The van der Waals surface area contributed by atoms with Crippen molar-refractivity contribution >= 4 is 29.5 Å². The van der Waals surface area contributed by atoms with Crippen LogP contribution in [0.4, 0.5) is 10.5 Å². The van der Waals surface area contributed by atoms with Crippen LogP contribution in [0.25, 0.3) is 0 Å². The summed E-state index contributed by atoms with van der Waals surface area (Å²) in [5.41, 5.74) is 7.50. The lowest BCUT2D eigenvalue weighted by Gasteiger charge is -2.37. The van der Waals surface area contributed by atoms with Crippen LogP contribution in [0.3, 0.4) is 0 Å². The molecule has 0 fully saturated rings. The number of primary amides is 1. The number of carbonyl (C=O) groups is 4. The van der Waals surface area contributed by atoms with Crippen molar-refractivity contribution in [3.8, 4) is 5.75 Å². The van der Waals surface area contributed by atoms with Crippen molar-refractivity contribution in [2.24, 2.45) is 5.73 Å². The Balaban J connectivity index is 2.56. The predicted molar refractivity (Wildman–Crippen MR) is 149 cm³/mol. The highest BCUT2D eigenvalue weighted by Crippen LogP contribution is 2.29. The van der Waals surface area contributed by atoms with Crippen molar-refractivity contribution in [1.29, 1.82) is 0 Å². The molecule has 212 valence electrons. The van der Waals surface area contributed by atoms with Gasteiger partial charge >= 0.3 is 6.09 Å². The van der Waals surface area contributed by atoms with E-state index in [1.165, 1.54) is 4.90 Å². The molecule has 2 aromatic rings. The van der Waals surface area contributed by atoms with E-state index in [4.69, 9.17) is 15.2 Å². The summed E-state index contributed by atoms with van der Waals surface area (Å²) in [6, 6.07) is 9.49. The molecule has 0 aromatic heterocycles. The average Bonchev–Trinajstić information content (AvgIpc) is 2.79. The van der Waals surface area contributed by atoms with Crippen LogP contribution in [0.1, 0.15) is 63.8 Å². The molecule has 0 spiro atoms. The van der Waals surface area contributed by atoms with E-state index in [2.05, 4.69) is 10.6 Å². The SMILES string of the molecule is COc1ccc(NC(=O)C(c2cc(C)cc(C)c2)N(C(=O)C(CC(N)=O)NC(=O)OC(C)(C)C)C(C)C)cc1. The van der Waals surface area contributed by atoms with Crippen LogP contribution < -0.4 is 21.1 Å². The summed E-state index contributed by atoms with van der Waals surface area (Å²) in [6.07, 6.45) is -1.35. The molecule has 39 heavy (non-hydrogen) atoms. The zero-order valence-electron chi connectivity index (χ0n) is 24.0. The summed E-state index contributed by atoms with van der Waals surface area (Å²) in [6.45, 7) is 12.3. The lowest BCUT2D eigenvalue weighted by Crippen LogP contribution is -2.55. The third-order valence-corrected chi connectivity index (χ3v) is 5.65. The Morgan fingerprint density at radius 1 is 0.974 bits per heavy atom. The topological polar surface area (TPSA) is 140 Å². The second kappa shape index (κ2) is 13.1. The number of anilines is 1. The molecule has 0 aliphatic heterocycles. The first-order chi connectivity index (χ1) is 18.1. The van der Waals surface area contributed by atoms with Crippen LogP contribution in [0.2, 0.25) is 0 Å². The Bertz CT molecular complexity index is 1170. The summed E-state index contributed by atoms with van der Waals surface area (Å²) in [4.78, 5) is 53.7. The van der Waals surface area contributed by atoms with Gasteiger partial charge in [0.25, 0.3) is 5.91 Å². The first-order valence-corrected chi connectivity index (χ1v) is 12.7. The zero-order valence-corrected chi connectivity index (χ0v) is 24.0. The van der Waals surface area contributed by atoms with Crippen LogP contribution in [-0.2, 0) is 19.1 Å². The Labute approximate surface area is 230 Å². The average molecular weight is 541 g/mol. The number of nitrogens with one attached hydrogen (secondary N) is 2. The zero-order chi connectivity index (χ0) is 29.5. The van der Waals surface area contributed by atoms with Gasteiger partial charge in [0.15, 0.2) is 0 Å². The number of aryl methyl sites for hydroxylation is 2. The summed E-state index contributed by atoms with van der Waals surface area (Å²) < 4.78 is 10.5. The van der Waals surface area contributed by atoms with E-state index in [1.807, 2.05) is 32.0 Å². The Hall–Kier alpha value is -4.08. The molecule has 10 heteroatoms. The van der Waals surface area contributed by atoms with Crippen molar-refractivity contribution in [1.82, 2.24) is 10.2 Å². The van der Waals surface area contributed by atoms with E-state index in [1.54, 1.807) is 66.0 Å². The number of benzene rings is 2. The fraction of sp³-hybridized carbons (Fsp3) is 0.448. The standard InChI is InChI=1S/C29H40N4O6/c1-17(2)33(27(36)23(16-24(30)34)32-28(37)39-29(5,6)7)25(20-14-18(3)13-19(4)15-20)26(35)31-21-9-11-22(38-8)12-10-21/h9-15,17,23,25H,16H2,1-8H3,(H2,30,34)(H,31,35)(H,32,37). The van der Waals surface area contributed by atoms with Gasteiger partial charge in [-0.15, -0.1) is 0 Å². The molecule has 0 aliphatic rings.